The van der Waals surface area contributed by atoms with Gasteiger partial charge in [-0.3, -0.25) is 10.1 Å². The fraction of sp³-hybridized carbons (Fsp3) is 0. The number of nitro groups is 1. The molecule has 10 heteroatoms. The van der Waals surface area contributed by atoms with Crippen LogP contribution in [0.4, 0.5) is 22.7 Å². The number of rotatable bonds is 6. The molecule has 0 radical (unpaired) electrons. The summed E-state index contributed by atoms with van der Waals surface area (Å²) in [6.07, 6.45) is 0. The second-order valence-electron chi connectivity index (χ2n) is 7.01. The van der Waals surface area contributed by atoms with Crippen molar-refractivity contribution in [3.05, 3.63) is 101 Å². The highest BCUT2D eigenvalue weighted by Gasteiger charge is 2.30. The number of para-hydroxylation sites is 1. The summed E-state index contributed by atoms with van der Waals surface area (Å²) in [5.74, 6) is -1.19. The van der Waals surface area contributed by atoms with Crippen molar-refractivity contribution in [1.82, 2.24) is 0 Å². The van der Waals surface area contributed by atoms with Crippen molar-refractivity contribution < 1.29 is 22.3 Å². The van der Waals surface area contributed by atoms with Gasteiger partial charge in [0.25, 0.3) is 5.69 Å². The number of carbonyl (C=O) groups excluding carboxylic acids is 1. The molecule has 3 N–H and O–H groups in total. The van der Waals surface area contributed by atoms with Gasteiger partial charge in [-0.1, -0.05) is 48.5 Å². The van der Waals surface area contributed by atoms with Crippen LogP contribution in [0.5, 0.6) is 0 Å². The predicted octanol–water partition coefficient (Wildman–Crippen LogP) is 4.62. The molecule has 4 rings (SSSR count). The van der Waals surface area contributed by atoms with E-state index in [1.165, 1.54) is 12.1 Å². The van der Waals surface area contributed by atoms with Gasteiger partial charge < -0.3 is 15.2 Å². The number of nitro benzene ring substituents is 1. The summed E-state index contributed by atoms with van der Waals surface area (Å²) in [6.45, 7) is 0. The second kappa shape index (κ2) is 8.60. The molecule has 33 heavy (non-hydrogen) atoms. The monoisotopic (exact) mass is 463 g/mol. The summed E-state index contributed by atoms with van der Waals surface area (Å²) < 4.78 is 30.1. The smallest absolute Gasteiger partial charge is 0.356 e. The van der Waals surface area contributed by atoms with E-state index in [0.29, 0.717) is 11.4 Å². The van der Waals surface area contributed by atoms with Crippen LogP contribution < -0.4 is 11.1 Å². The van der Waals surface area contributed by atoms with E-state index in [-0.39, 0.29) is 11.3 Å². The zero-order valence-electron chi connectivity index (χ0n) is 17.0. The van der Waals surface area contributed by atoms with Crippen LogP contribution in [0.25, 0.3) is 10.8 Å². The van der Waals surface area contributed by atoms with Gasteiger partial charge in [0, 0.05) is 22.8 Å². The van der Waals surface area contributed by atoms with E-state index in [4.69, 9.17) is 9.92 Å². The molecule has 0 aliphatic rings. The van der Waals surface area contributed by atoms with Crippen molar-refractivity contribution in [3.8, 4) is 0 Å². The third-order valence-electron chi connectivity index (χ3n) is 4.84. The Morgan fingerprint density at radius 2 is 1.58 bits per heavy atom. The molecule has 0 aromatic heterocycles. The Bertz CT molecular complexity index is 1500. The molecular formula is C23H17N3O6S. The minimum atomic E-state index is -4.80. The zero-order valence-corrected chi connectivity index (χ0v) is 17.8. The van der Waals surface area contributed by atoms with Crippen LogP contribution in [0, 0.1) is 10.1 Å². The number of nitrogens with two attached hydrogens (primary N) is 1. The number of nitrogen functional groups attached to an aromatic ring is 1. The van der Waals surface area contributed by atoms with Crippen molar-refractivity contribution in [2.24, 2.45) is 0 Å². The molecule has 0 unspecified atom stereocenters. The molecule has 0 bridgehead atoms. The van der Waals surface area contributed by atoms with Gasteiger partial charge in [-0.05, 0) is 35.7 Å². The normalized spacial score (nSPS) is 11.2. The van der Waals surface area contributed by atoms with Crippen molar-refractivity contribution in [1.29, 1.82) is 0 Å². The summed E-state index contributed by atoms with van der Waals surface area (Å²) in [7, 11) is -4.80. The number of anilines is 3. The summed E-state index contributed by atoms with van der Waals surface area (Å²) in [4.78, 5) is 22.4. The Balaban J connectivity index is 1.68. The van der Waals surface area contributed by atoms with Crippen molar-refractivity contribution in [2.45, 2.75) is 4.90 Å². The highest BCUT2D eigenvalue weighted by molar-refractivity contribution is 7.87. The lowest BCUT2D eigenvalue weighted by atomic mass is 10.1. The number of fused-ring (bicyclic) bond motifs is 1. The van der Waals surface area contributed by atoms with Gasteiger partial charge in [0.2, 0.25) is 0 Å². The van der Waals surface area contributed by atoms with Gasteiger partial charge in [0.1, 0.15) is 0 Å². The molecule has 0 saturated carbocycles. The minimum absolute atomic E-state index is 0.00314. The van der Waals surface area contributed by atoms with Gasteiger partial charge in [0.15, 0.2) is 4.90 Å². The van der Waals surface area contributed by atoms with Gasteiger partial charge in [-0.2, -0.15) is 8.42 Å². The van der Waals surface area contributed by atoms with Gasteiger partial charge in [0.05, 0.1) is 16.2 Å². The third kappa shape index (κ3) is 4.46. The van der Waals surface area contributed by atoms with E-state index in [0.717, 1.165) is 22.9 Å². The number of hydrogen-bond acceptors (Lipinski definition) is 8. The second-order valence-corrected chi connectivity index (χ2v) is 8.52. The third-order valence-corrected chi connectivity index (χ3v) is 6.10. The SMILES string of the molecule is Nc1ccc(S(=O)(=O)OC(=O)c2ccccc2Nc2cccc3ccccc23)c([N+](=O)[O-])c1. The zero-order chi connectivity index (χ0) is 23.6. The summed E-state index contributed by atoms with van der Waals surface area (Å²) >= 11 is 0. The average Bonchev–Trinajstić information content (AvgIpc) is 2.79. The molecule has 0 amide bonds. The van der Waals surface area contributed by atoms with Crippen LogP contribution in [0.2, 0.25) is 0 Å². The fourth-order valence-electron chi connectivity index (χ4n) is 3.33. The van der Waals surface area contributed by atoms with Crippen LogP contribution in [0.3, 0.4) is 0 Å². The van der Waals surface area contributed by atoms with Gasteiger partial charge in [-0.15, -0.1) is 0 Å². The van der Waals surface area contributed by atoms with E-state index in [1.54, 1.807) is 18.2 Å². The lowest BCUT2D eigenvalue weighted by molar-refractivity contribution is -0.387. The molecule has 9 nitrogen and oxygen atoms in total. The van der Waals surface area contributed by atoms with Gasteiger partial charge in [-0.25, -0.2) is 4.79 Å². The number of nitrogens with one attached hydrogen (secondary N) is 1. The highest BCUT2D eigenvalue weighted by Crippen LogP contribution is 2.31. The Morgan fingerprint density at radius 3 is 2.36 bits per heavy atom. The molecule has 0 aliphatic carbocycles. The van der Waals surface area contributed by atoms with Crippen LogP contribution in [-0.4, -0.2) is 19.3 Å². The topological polar surface area (TPSA) is 142 Å². The number of hydrogen-bond donors (Lipinski definition) is 2. The summed E-state index contributed by atoms with van der Waals surface area (Å²) in [5, 5.41) is 16.3. The number of nitrogens with zero attached hydrogens (tertiary/aromatic N) is 1. The van der Waals surface area contributed by atoms with Crippen LogP contribution in [-0.2, 0) is 14.3 Å². The largest absolute Gasteiger partial charge is 0.399 e. The van der Waals surface area contributed by atoms with Crippen LogP contribution >= 0.6 is 0 Å². The Kier molecular flexibility index (Phi) is 5.67. The average molecular weight is 463 g/mol. The van der Waals surface area contributed by atoms with Crippen molar-refractivity contribution in [3.63, 3.8) is 0 Å². The number of benzene rings is 4. The van der Waals surface area contributed by atoms with Crippen LogP contribution in [0.1, 0.15) is 10.4 Å². The Hall–Kier alpha value is -4.44. The van der Waals surface area contributed by atoms with E-state index in [1.807, 2.05) is 42.5 Å². The van der Waals surface area contributed by atoms with Crippen molar-refractivity contribution >= 4 is 49.6 Å². The van der Waals surface area contributed by atoms with Crippen LogP contribution in [0.15, 0.2) is 89.8 Å². The fourth-order valence-corrected chi connectivity index (χ4v) is 4.33. The van der Waals surface area contributed by atoms with E-state index < -0.39 is 31.6 Å². The first-order valence-corrected chi connectivity index (χ1v) is 11.0. The molecule has 0 fully saturated rings. The van der Waals surface area contributed by atoms with E-state index in [9.17, 15) is 23.3 Å². The first kappa shape index (κ1) is 21.8. The maximum absolute atomic E-state index is 12.8. The molecule has 4 aromatic carbocycles. The first-order valence-electron chi connectivity index (χ1n) is 9.63. The Morgan fingerprint density at radius 1 is 0.909 bits per heavy atom. The summed E-state index contributed by atoms with van der Waals surface area (Å²) in [5.41, 5.74) is 5.67. The van der Waals surface area contributed by atoms with Crippen molar-refractivity contribution in [2.75, 3.05) is 11.1 Å². The van der Waals surface area contributed by atoms with Gasteiger partial charge >= 0.3 is 16.1 Å². The maximum atomic E-state index is 12.8. The molecule has 0 atom stereocenters. The quantitative estimate of drug-likeness (QED) is 0.183. The first-order chi connectivity index (χ1) is 15.8. The molecule has 0 heterocycles. The summed E-state index contributed by atoms with van der Waals surface area (Å²) in [6, 6.07) is 22.4. The van der Waals surface area contributed by atoms with E-state index in [2.05, 4.69) is 5.32 Å². The predicted molar refractivity (Wildman–Crippen MR) is 124 cm³/mol. The molecular weight excluding hydrogens is 446 g/mol. The molecule has 0 aliphatic heterocycles. The molecule has 4 aromatic rings. The number of carbonyl (C=O) groups is 1. The minimum Gasteiger partial charge on any atom is -0.399 e. The molecule has 0 saturated heterocycles. The molecule has 0 spiro atoms. The standard InChI is InChI=1S/C23H17N3O6S/c24-16-12-13-22(21(14-16)26(28)29)33(30,31)32-23(27)18-9-3-4-10-20(18)25-19-11-5-7-15-6-1-2-8-17(15)19/h1-14,25H,24H2. The molecule has 166 valence electrons. The lowest BCUT2D eigenvalue weighted by Gasteiger charge is -2.13. The van der Waals surface area contributed by atoms with E-state index >= 15 is 0 Å². The Labute approximate surface area is 188 Å². The highest BCUT2D eigenvalue weighted by atomic mass is 32.2. The lowest BCUT2D eigenvalue weighted by Crippen LogP contribution is -2.16. The maximum Gasteiger partial charge on any atom is 0.356 e.